The van der Waals surface area contributed by atoms with E-state index in [0.717, 1.165) is 5.56 Å². The van der Waals surface area contributed by atoms with Crippen molar-refractivity contribution in [1.29, 1.82) is 5.26 Å². The molecule has 0 saturated heterocycles. The largest absolute Gasteiger partial charge is 0.497 e. The van der Waals surface area contributed by atoms with Crippen molar-refractivity contribution in [3.63, 3.8) is 0 Å². The number of rotatable bonds is 6. The maximum atomic E-state index is 12.4. The number of aryl methyl sites for hydroxylation is 1. The molecule has 0 bridgehead atoms. The molecular formula is C21H24N2O6. The van der Waals surface area contributed by atoms with Crippen LogP contribution in [-0.2, 0) is 14.9 Å². The van der Waals surface area contributed by atoms with Gasteiger partial charge in [0.1, 0.15) is 34.5 Å². The third kappa shape index (κ3) is 4.88. The van der Waals surface area contributed by atoms with Gasteiger partial charge in [-0.25, -0.2) is 4.79 Å². The van der Waals surface area contributed by atoms with Crippen LogP contribution < -0.4 is 14.8 Å². The van der Waals surface area contributed by atoms with Crippen LogP contribution >= 0.6 is 0 Å². The van der Waals surface area contributed by atoms with Gasteiger partial charge < -0.3 is 18.6 Å². The van der Waals surface area contributed by atoms with Gasteiger partial charge in [0.05, 0.1) is 14.2 Å². The molecular weight excluding hydrogens is 376 g/mol. The van der Waals surface area contributed by atoms with Gasteiger partial charge in [0.25, 0.3) is 5.91 Å². The number of hydrogen-bond donors (Lipinski definition) is 1. The molecule has 0 atom stereocenters. The van der Waals surface area contributed by atoms with Crippen LogP contribution in [0.25, 0.3) is 0 Å². The van der Waals surface area contributed by atoms with Gasteiger partial charge in [-0.3, -0.25) is 10.1 Å². The molecule has 0 radical (unpaired) electrons. The lowest BCUT2D eigenvalue weighted by atomic mass is 9.86. The summed E-state index contributed by atoms with van der Waals surface area (Å²) in [4.78, 5) is 24.2. The van der Waals surface area contributed by atoms with Crippen molar-refractivity contribution in [3.05, 3.63) is 40.6 Å². The number of hydrogen-bond acceptors (Lipinski definition) is 7. The summed E-state index contributed by atoms with van der Waals surface area (Å²) < 4.78 is 21.0. The zero-order chi connectivity index (χ0) is 21.8. The molecule has 8 heteroatoms. The van der Waals surface area contributed by atoms with E-state index in [0.29, 0.717) is 11.5 Å². The minimum atomic E-state index is -0.715. The Hall–Kier alpha value is -3.47. The van der Waals surface area contributed by atoms with Gasteiger partial charge in [-0.2, -0.15) is 5.26 Å². The summed E-state index contributed by atoms with van der Waals surface area (Å²) in [6, 6.07) is 7.20. The molecule has 8 nitrogen and oxygen atoms in total. The maximum absolute atomic E-state index is 12.4. The summed E-state index contributed by atoms with van der Waals surface area (Å²) in [6.45, 7) is 7.26. The Labute approximate surface area is 169 Å². The van der Waals surface area contributed by atoms with Crippen molar-refractivity contribution in [2.45, 2.75) is 33.1 Å². The molecule has 0 unspecified atom stereocenters. The smallest absolute Gasteiger partial charge is 0.342 e. The molecule has 29 heavy (non-hydrogen) atoms. The first-order valence-electron chi connectivity index (χ1n) is 8.85. The topological polar surface area (TPSA) is 111 Å². The maximum Gasteiger partial charge on any atom is 0.342 e. The second-order valence-electron chi connectivity index (χ2n) is 7.29. The monoisotopic (exact) mass is 400 g/mol. The van der Waals surface area contributed by atoms with Crippen LogP contribution in [0.1, 0.15) is 48.0 Å². The summed E-state index contributed by atoms with van der Waals surface area (Å²) in [5, 5.41) is 11.8. The first-order chi connectivity index (χ1) is 13.6. The van der Waals surface area contributed by atoms with E-state index in [1.165, 1.54) is 14.0 Å². The van der Waals surface area contributed by atoms with E-state index in [1.54, 1.807) is 19.2 Å². The van der Waals surface area contributed by atoms with Crippen LogP contribution in [0, 0.1) is 18.3 Å². The molecule has 0 aliphatic heterocycles. The number of benzene rings is 1. The summed E-state index contributed by atoms with van der Waals surface area (Å²) in [5.74, 6) is 0.0288. The molecule has 1 aromatic heterocycles. The number of esters is 1. The molecule has 0 aliphatic rings. The van der Waals surface area contributed by atoms with Gasteiger partial charge in [-0.15, -0.1) is 0 Å². The van der Waals surface area contributed by atoms with Crippen molar-refractivity contribution in [2.75, 3.05) is 26.1 Å². The van der Waals surface area contributed by atoms with Gasteiger partial charge in [-0.05, 0) is 30.5 Å². The van der Waals surface area contributed by atoms with Crippen LogP contribution in [0.5, 0.6) is 11.5 Å². The molecule has 154 valence electrons. The zero-order valence-electron chi connectivity index (χ0n) is 17.3. The first kappa shape index (κ1) is 21.8. The number of anilines is 1. The Morgan fingerprint density at radius 3 is 2.48 bits per heavy atom. The second-order valence-corrected chi connectivity index (χ2v) is 7.29. The number of nitrogens with one attached hydrogen (secondary N) is 1. The lowest BCUT2D eigenvalue weighted by molar-refractivity contribution is -0.118. The van der Waals surface area contributed by atoms with Crippen molar-refractivity contribution < 1.29 is 28.2 Å². The number of nitriles is 1. The van der Waals surface area contributed by atoms with E-state index in [-0.39, 0.29) is 34.8 Å². The molecule has 0 spiro atoms. The van der Waals surface area contributed by atoms with E-state index >= 15 is 0 Å². The molecule has 1 aromatic carbocycles. The average Bonchev–Trinajstić information content (AvgIpc) is 2.99. The van der Waals surface area contributed by atoms with E-state index in [2.05, 4.69) is 10.1 Å². The summed E-state index contributed by atoms with van der Waals surface area (Å²) in [6.07, 6.45) is 0. The van der Waals surface area contributed by atoms with E-state index in [9.17, 15) is 14.9 Å². The number of carbonyl (C=O) groups is 2. The van der Waals surface area contributed by atoms with E-state index < -0.39 is 11.9 Å². The molecule has 2 aromatic rings. The van der Waals surface area contributed by atoms with Gasteiger partial charge >= 0.3 is 5.97 Å². The van der Waals surface area contributed by atoms with Gasteiger partial charge in [-0.1, -0.05) is 20.8 Å². The van der Waals surface area contributed by atoms with Crippen molar-refractivity contribution in [3.8, 4) is 17.6 Å². The highest BCUT2D eigenvalue weighted by Crippen LogP contribution is 2.34. The van der Waals surface area contributed by atoms with Gasteiger partial charge in [0.2, 0.25) is 5.88 Å². The Balaban J connectivity index is 2.18. The Morgan fingerprint density at radius 2 is 1.93 bits per heavy atom. The van der Waals surface area contributed by atoms with E-state index in [4.69, 9.17) is 13.9 Å². The number of furan rings is 1. The van der Waals surface area contributed by atoms with Crippen LogP contribution in [0.3, 0.4) is 0 Å². The number of carbonyl (C=O) groups excluding carboxylic acids is 2. The SMILES string of the molecule is COC(=O)c1c(C)oc(NC(=O)COc2ccc(OC)cc2C(C)(C)C)c1C#N. The zero-order valence-corrected chi connectivity index (χ0v) is 17.3. The molecule has 2 rings (SSSR count). The minimum absolute atomic E-state index is 0.0172. The minimum Gasteiger partial charge on any atom is -0.497 e. The number of ether oxygens (including phenoxy) is 3. The predicted molar refractivity (Wildman–Crippen MR) is 105 cm³/mol. The Bertz CT molecular complexity index is 963. The highest BCUT2D eigenvalue weighted by atomic mass is 16.5. The summed E-state index contributed by atoms with van der Waals surface area (Å²) in [5.41, 5.74) is 0.533. The Morgan fingerprint density at radius 1 is 1.24 bits per heavy atom. The number of methoxy groups -OCH3 is 2. The fraction of sp³-hybridized carbons (Fsp3) is 0.381. The summed E-state index contributed by atoms with van der Waals surface area (Å²) in [7, 11) is 2.78. The third-order valence-electron chi connectivity index (χ3n) is 4.19. The standard InChI is InChI=1S/C21H24N2O6/c1-12-18(20(25)27-6)14(10-22)19(29-12)23-17(24)11-28-16-8-7-13(26-5)9-15(16)21(2,3)4/h7-9H,11H2,1-6H3,(H,23,24). The van der Waals surface area contributed by atoms with Crippen molar-refractivity contribution in [1.82, 2.24) is 0 Å². The van der Waals surface area contributed by atoms with Crippen molar-refractivity contribution >= 4 is 17.8 Å². The van der Waals surface area contributed by atoms with Crippen LogP contribution in [0.4, 0.5) is 5.88 Å². The highest BCUT2D eigenvalue weighted by Gasteiger charge is 2.26. The summed E-state index contributed by atoms with van der Waals surface area (Å²) >= 11 is 0. The fourth-order valence-corrected chi connectivity index (χ4v) is 2.74. The van der Waals surface area contributed by atoms with Crippen molar-refractivity contribution in [2.24, 2.45) is 0 Å². The van der Waals surface area contributed by atoms with Crippen LogP contribution in [0.15, 0.2) is 22.6 Å². The second kappa shape index (κ2) is 8.69. The first-order valence-corrected chi connectivity index (χ1v) is 8.85. The Kier molecular flexibility index (Phi) is 6.54. The van der Waals surface area contributed by atoms with Gasteiger partial charge in [0, 0.05) is 5.56 Å². The quantitative estimate of drug-likeness (QED) is 0.738. The van der Waals surface area contributed by atoms with Gasteiger partial charge in [0.15, 0.2) is 6.61 Å². The van der Waals surface area contributed by atoms with E-state index in [1.807, 2.05) is 32.9 Å². The van der Waals surface area contributed by atoms with Crippen LogP contribution in [0.2, 0.25) is 0 Å². The lowest BCUT2D eigenvalue weighted by Gasteiger charge is -2.23. The predicted octanol–water partition coefficient (Wildman–Crippen LogP) is 3.57. The average molecular weight is 400 g/mol. The molecule has 0 fully saturated rings. The normalized spacial score (nSPS) is 10.8. The molecule has 1 amide bonds. The molecule has 0 saturated carbocycles. The number of nitrogens with zero attached hydrogens (tertiary/aromatic N) is 1. The molecule has 0 aliphatic carbocycles. The molecule has 1 heterocycles. The highest BCUT2D eigenvalue weighted by molar-refractivity contribution is 5.98. The van der Waals surface area contributed by atoms with Crippen LogP contribution in [-0.4, -0.2) is 32.7 Å². The third-order valence-corrected chi connectivity index (χ3v) is 4.19. The number of amides is 1. The molecule has 1 N–H and O–H groups in total. The lowest BCUT2D eigenvalue weighted by Crippen LogP contribution is -2.22. The fourth-order valence-electron chi connectivity index (χ4n) is 2.74.